The molecule has 118 valence electrons. The van der Waals surface area contributed by atoms with Gasteiger partial charge in [-0.15, -0.1) is 0 Å². The molecule has 0 aliphatic carbocycles. The van der Waals surface area contributed by atoms with Gasteiger partial charge < -0.3 is 0 Å². The topological polar surface area (TPSA) is 81.2 Å². The number of hydrogen-bond donors (Lipinski definition) is 4. The van der Waals surface area contributed by atoms with Crippen LogP contribution in [0.15, 0.2) is 48.7 Å². The molecule has 0 radical (unpaired) electrons. The number of hydrogen-bond acceptors (Lipinski definition) is 3. The summed E-state index contributed by atoms with van der Waals surface area (Å²) >= 11 is 0. The molecule has 3 aromatic rings. The van der Waals surface area contributed by atoms with Gasteiger partial charge in [0.1, 0.15) is 5.69 Å². The first-order chi connectivity index (χ1) is 11.2. The molecule has 0 bridgehead atoms. The molecule has 1 aromatic carbocycles. The molecule has 0 spiro atoms. The molecule has 0 atom stereocenters. The van der Waals surface area contributed by atoms with Crippen LogP contribution in [0, 0.1) is 0 Å². The van der Waals surface area contributed by atoms with Crippen molar-refractivity contribution in [2.45, 2.75) is 19.8 Å². The number of aromatic nitrogens is 2. The Balaban J connectivity index is 1.94. The zero-order valence-electron chi connectivity index (χ0n) is 12.8. The van der Waals surface area contributed by atoms with Gasteiger partial charge in [0.2, 0.25) is 5.65 Å². The molecule has 4 N–H and O–H groups in total. The summed E-state index contributed by atoms with van der Waals surface area (Å²) in [6.45, 7) is 2.14. The van der Waals surface area contributed by atoms with Gasteiger partial charge in [0.15, 0.2) is 0 Å². The van der Waals surface area contributed by atoms with E-state index in [4.69, 9.17) is 5.21 Å². The minimum absolute atomic E-state index is 0.401. The summed E-state index contributed by atoms with van der Waals surface area (Å²) in [5.74, 6) is 0.464. The van der Waals surface area contributed by atoms with E-state index < -0.39 is 5.91 Å². The van der Waals surface area contributed by atoms with Gasteiger partial charge in [0, 0.05) is 18.1 Å². The van der Waals surface area contributed by atoms with Crippen molar-refractivity contribution >= 4 is 23.1 Å². The molecule has 0 aliphatic rings. The first-order valence-corrected chi connectivity index (χ1v) is 7.55. The number of pyridine rings is 1. The molecule has 6 nitrogen and oxygen atoms in total. The molecular formula is C17H19N4O2+. The van der Waals surface area contributed by atoms with E-state index in [1.807, 2.05) is 36.5 Å². The maximum atomic E-state index is 11.4. The summed E-state index contributed by atoms with van der Waals surface area (Å²) in [4.78, 5) is 14.8. The van der Waals surface area contributed by atoms with Crippen molar-refractivity contribution in [3.05, 3.63) is 59.9 Å². The number of amides is 1. The number of benzene rings is 1. The highest BCUT2D eigenvalue weighted by atomic mass is 16.5. The van der Waals surface area contributed by atoms with Crippen molar-refractivity contribution in [3.8, 4) is 0 Å². The summed E-state index contributed by atoms with van der Waals surface area (Å²) < 4.78 is 2.07. The second kappa shape index (κ2) is 6.50. The predicted octanol–water partition coefficient (Wildman–Crippen LogP) is 2.57. The molecular weight excluding hydrogens is 292 g/mol. The fourth-order valence-corrected chi connectivity index (χ4v) is 2.57. The maximum Gasteiger partial charge on any atom is 0.274 e. The summed E-state index contributed by atoms with van der Waals surface area (Å²) in [7, 11) is 0. The zero-order chi connectivity index (χ0) is 16.2. The van der Waals surface area contributed by atoms with Crippen LogP contribution in [-0.4, -0.2) is 16.1 Å². The summed E-state index contributed by atoms with van der Waals surface area (Å²) in [5.41, 5.74) is 5.06. The van der Waals surface area contributed by atoms with Crippen molar-refractivity contribution in [1.29, 1.82) is 0 Å². The molecule has 0 saturated carbocycles. The summed E-state index contributed by atoms with van der Waals surface area (Å²) in [6, 6.07) is 12.9. The average Bonchev–Trinajstić information content (AvgIpc) is 2.93. The number of rotatable bonds is 5. The predicted molar refractivity (Wildman–Crippen MR) is 86.9 cm³/mol. The van der Waals surface area contributed by atoms with E-state index in [1.54, 1.807) is 17.6 Å². The van der Waals surface area contributed by atoms with Crippen molar-refractivity contribution in [3.63, 3.8) is 0 Å². The third-order valence-corrected chi connectivity index (χ3v) is 3.68. The van der Waals surface area contributed by atoms with E-state index in [0.717, 1.165) is 35.7 Å². The van der Waals surface area contributed by atoms with Crippen LogP contribution in [0.2, 0.25) is 0 Å². The van der Waals surface area contributed by atoms with E-state index in [1.165, 1.54) is 0 Å². The van der Waals surface area contributed by atoms with Crippen LogP contribution in [-0.2, 0) is 6.42 Å². The average molecular weight is 311 g/mol. The van der Waals surface area contributed by atoms with Crippen molar-refractivity contribution in [1.82, 2.24) is 10.5 Å². The van der Waals surface area contributed by atoms with E-state index in [0.29, 0.717) is 5.56 Å². The third-order valence-electron chi connectivity index (χ3n) is 3.68. The number of hydroxylamine groups is 1. The molecule has 23 heavy (non-hydrogen) atoms. The lowest BCUT2D eigenvalue weighted by atomic mass is 10.2. The van der Waals surface area contributed by atoms with Crippen LogP contribution in [0.5, 0.6) is 0 Å². The Hall–Kier alpha value is -2.86. The minimum Gasteiger partial charge on any atom is -0.288 e. The lowest BCUT2D eigenvalue weighted by molar-refractivity contribution is -0.494. The SMILES string of the molecule is CCCc1[nH]c2cccc[n+]2c1Nc1ccc(C(=O)NO)cc1. The number of carbonyl (C=O) groups excluding carboxylic acids is 1. The summed E-state index contributed by atoms with van der Waals surface area (Å²) in [5, 5.41) is 12.1. The molecule has 0 unspecified atom stereocenters. The van der Waals surface area contributed by atoms with Gasteiger partial charge in [-0.1, -0.05) is 13.0 Å². The van der Waals surface area contributed by atoms with Crippen molar-refractivity contribution in [2.75, 3.05) is 5.32 Å². The number of aryl methyl sites for hydroxylation is 1. The van der Waals surface area contributed by atoms with Gasteiger partial charge in [0.25, 0.3) is 11.7 Å². The van der Waals surface area contributed by atoms with Crippen LogP contribution in [0.3, 0.4) is 0 Å². The largest absolute Gasteiger partial charge is 0.288 e. The molecule has 0 aliphatic heterocycles. The summed E-state index contributed by atoms with van der Waals surface area (Å²) in [6.07, 6.45) is 3.98. The Morgan fingerprint density at radius 2 is 2.00 bits per heavy atom. The minimum atomic E-state index is -0.523. The Morgan fingerprint density at radius 3 is 2.70 bits per heavy atom. The number of nitrogens with zero attached hydrogens (tertiary/aromatic N) is 1. The monoisotopic (exact) mass is 311 g/mol. The van der Waals surface area contributed by atoms with Crippen LogP contribution in [0.4, 0.5) is 11.5 Å². The standard InChI is InChI=1S/C17H18N4O2/c1-2-5-14-16(21-11-4-3-6-15(21)19-14)18-13-9-7-12(8-10-13)17(22)20-23/h3-4,6-11H,2,5H2,1H3,(H3,18,20,22,23)/p+1. The number of H-pyrrole nitrogens is 1. The second-order valence-corrected chi connectivity index (χ2v) is 5.30. The van der Waals surface area contributed by atoms with Crippen molar-refractivity contribution in [2.24, 2.45) is 0 Å². The van der Waals surface area contributed by atoms with Crippen LogP contribution in [0.1, 0.15) is 29.4 Å². The Morgan fingerprint density at radius 1 is 1.22 bits per heavy atom. The maximum absolute atomic E-state index is 11.4. The quantitative estimate of drug-likeness (QED) is 0.332. The van der Waals surface area contributed by atoms with Gasteiger partial charge in [-0.2, -0.15) is 0 Å². The molecule has 0 saturated heterocycles. The molecule has 6 heteroatoms. The van der Waals surface area contributed by atoms with E-state index in [9.17, 15) is 4.79 Å². The fraction of sp³-hybridized carbons (Fsp3) is 0.176. The molecule has 2 aromatic heterocycles. The highest BCUT2D eigenvalue weighted by Crippen LogP contribution is 2.19. The normalized spacial score (nSPS) is 10.7. The van der Waals surface area contributed by atoms with Gasteiger partial charge >= 0.3 is 0 Å². The fourth-order valence-electron chi connectivity index (χ4n) is 2.57. The van der Waals surface area contributed by atoms with Crippen molar-refractivity contribution < 1.29 is 14.4 Å². The van der Waals surface area contributed by atoms with Gasteiger partial charge in [-0.05, 0) is 36.8 Å². The Kier molecular flexibility index (Phi) is 4.25. The molecule has 0 fully saturated rings. The van der Waals surface area contributed by atoms with Gasteiger partial charge in [0.05, 0.1) is 11.9 Å². The molecule has 1 amide bonds. The highest BCUT2D eigenvalue weighted by Gasteiger charge is 2.18. The van der Waals surface area contributed by atoms with Gasteiger partial charge in [-0.3, -0.25) is 20.3 Å². The number of imidazole rings is 1. The highest BCUT2D eigenvalue weighted by molar-refractivity contribution is 5.93. The number of carbonyl (C=O) groups is 1. The lowest BCUT2D eigenvalue weighted by Crippen LogP contribution is -2.22. The van der Waals surface area contributed by atoms with E-state index in [-0.39, 0.29) is 0 Å². The molecule has 3 rings (SSSR count). The van der Waals surface area contributed by atoms with Crippen LogP contribution < -0.4 is 15.2 Å². The first-order valence-electron chi connectivity index (χ1n) is 7.55. The van der Waals surface area contributed by atoms with E-state index >= 15 is 0 Å². The molecule has 2 heterocycles. The Labute approximate surface area is 133 Å². The lowest BCUT2D eigenvalue weighted by Gasteiger charge is -2.03. The second-order valence-electron chi connectivity index (χ2n) is 5.30. The number of nitrogens with one attached hydrogen (secondary N) is 3. The number of fused-ring (bicyclic) bond motifs is 1. The smallest absolute Gasteiger partial charge is 0.274 e. The van der Waals surface area contributed by atoms with Crippen LogP contribution >= 0.6 is 0 Å². The van der Waals surface area contributed by atoms with Crippen LogP contribution in [0.25, 0.3) is 5.65 Å². The Bertz CT molecular complexity index is 824. The van der Waals surface area contributed by atoms with E-state index in [2.05, 4.69) is 21.6 Å². The third kappa shape index (κ3) is 3.02. The number of anilines is 2. The van der Waals surface area contributed by atoms with Gasteiger partial charge in [-0.25, -0.2) is 9.88 Å². The zero-order valence-corrected chi connectivity index (χ0v) is 12.8. The first kappa shape index (κ1) is 15.1. The number of aromatic amines is 1.